The molecule has 0 saturated carbocycles. The third-order valence-corrected chi connectivity index (χ3v) is 3.37. The molecule has 90 valence electrons. The standard InChI is InChI=1S/C11H8N4O2S/c16-9-5-7(14-15-9)10(17)13-11-12-6-3-1-2-4-8(6)18-11/h1-4H,5H2,(H,15,16)(H,12,13,17). The summed E-state index contributed by atoms with van der Waals surface area (Å²) in [6.07, 6.45) is 0.0106. The summed E-state index contributed by atoms with van der Waals surface area (Å²) in [5.74, 6) is -0.670. The fourth-order valence-corrected chi connectivity index (χ4v) is 2.45. The molecule has 2 heterocycles. The molecule has 0 spiro atoms. The van der Waals surface area contributed by atoms with Crippen LogP contribution in [0.2, 0.25) is 0 Å². The van der Waals surface area contributed by atoms with Crippen molar-refractivity contribution in [2.75, 3.05) is 5.32 Å². The molecule has 7 heteroatoms. The first kappa shape index (κ1) is 10.8. The van der Waals surface area contributed by atoms with Crippen LogP contribution in [0.3, 0.4) is 0 Å². The average molecular weight is 260 g/mol. The minimum absolute atomic E-state index is 0.0106. The molecular formula is C11H8N4O2S. The Hall–Kier alpha value is -2.28. The Balaban J connectivity index is 1.80. The minimum atomic E-state index is -0.396. The normalized spacial score (nSPS) is 14.4. The number of thiazole rings is 1. The molecule has 0 fully saturated rings. The van der Waals surface area contributed by atoms with Crippen molar-refractivity contribution in [1.29, 1.82) is 0 Å². The van der Waals surface area contributed by atoms with Gasteiger partial charge in [-0.1, -0.05) is 23.5 Å². The van der Waals surface area contributed by atoms with Gasteiger partial charge in [-0.15, -0.1) is 0 Å². The van der Waals surface area contributed by atoms with E-state index in [2.05, 4.69) is 20.8 Å². The maximum Gasteiger partial charge on any atom is 0.274 e. The molecule has 2 aromatic rings. The Labute approximate surface area is 106 Å². The molecule has 1 aromatic carbocycles. The molecule has 1 aromatic heterocycles. The van der Waals surface area contributed by atoms with Crippen LogP contribution in [0.5, 0.6) is 0 Å². The molecule has 1 aliphatic heterocycles. The van der Waals surface area contributed by atoms with Gasteiger partial charge >= 0.3 is 0 Å². The number of para-hydroxylation sites is 1. The van der Waals surface area contributed by atoms with Crippen LogP contribution in [0.1, 0.15) is 6.42 Å². The maximum absolute atomic E-state index is 11.8. The lowest BCUT2D eigenvalue weighted by Gasteiger charge is -1.97. The summed E-state index contributed by atoms with van der Waals surface area (Å²) in [6, 6.07) is 7.60. The Morgan fingerprint density at radius 2 is 2.22 bits per heavy atom. The van der Waals surface area contributed by atoms with Gasteiger partial charge in [0.2, 0.25) is 5.91 Å². The largest absolute Gasteiger partial charge is 0.297 e. The topological polar surface area (TPSA) is 83.5 Å². The van der Waals surface area contributed by atoms with Crippen molar-refractivity contribution >= 4 is 44.2 Å². The summed E-state index contributed by atoms with van der Waals surface area (Å²) < 4.78 is 0.996. The van der Waals surface area contributed by atoms with Crippen molar-refractivity contribution in [3.8, 4) is 0 Å². The van der Waals surface area contributed by atoms with Gasteiger partial charge in [0.05, 0.1) is 16.6 Å². The zero-order valence-electron chi connectivity index (χ0n) is 9.14. The molecule has 2 N–H and O–H groups in total. The summed E-state index contributed by atoms with van der Waals surface area (Å²) in [5.41, 5.74) is 3.25. The molecular weight excluding hydrogens is 252 g/mol. The fourth-order valence-electron chi connectivity index (χ4n) is 1.59. The molecule has 2 amide bonds. The second-order valence-electron chi connectivity index (χ2n) is 3.71. The third-order valence-electron chi connectivity index (χ3n) is 2.42. The Morgan fingerprint density at radius 3 is 2.94 bits per heavy atom. The van der Waals surface area contributed by atoms with Crippen LogP contribution in [-0.2, 0) is 9.59 Å². The molecule has 3 rings (SSSR count). The monoisotopic (exact) mass is 260 g/mol. The zero-order valence-corrected chi connectivity index (χ0v) is 9.95. The van der Waals surface area contributed by atoms with Crippen molar-refractivity contribution in [1.82, 2.24) is 10.4 Å². The van der Waals surface area contributed by atoms with E-state index >= 15 is 0 Å². The van der Waals surface area contributed by atoms with E-state index in [1.54, 1.807) is 0 Å². The molecule has 0 bridgehead atoms. The van der Waals surface area contributed by atoms with Crippen molar-refractivity contribution in [2.45, 2.75) is 6.42 Å². The molecule has 6 nitrogen and oxygen atoms in total. The third kappa shape index (κ3) is 1.95. The van der Waals surface area contributed by atoms with E-state index in [-0.39, 0.29) is 18.0 Å². The van der Waals surface area contributed by atoms with Gasteiger partial charge in [0.25, 0.3) is 5.91 Å². The van der Waals surface area contributed by atoms with Gasteiger partial charge in [0, 0.05) is 0 Å². The van der Waals surface area contributed by atoms with Crippen LogP contribution in [0.4, 0.5) is 5.13 Å². The number of benzene rings is 1. The summed E-state index contributed by atoms with van der Waals surface area (Å²) in [4.78, 5) is 27.0. The first-order chi connectivity index (χ1) is 8.72. The quantitative estimate of drug-likeness (QED) is 0.848. The highest BCUT2D eigenvalue weighted by molar-refractivity contribution is 7.22. The van der Waals surface area contributed by atoms with E-state index < -0.39 is 5.91 Å². The minimum Gasteiger partial charge on any atom is -0.297 e. The van der Waals surface area contributed by atoms with Gasteiger partial charge in [-0.05, 0) is 12.1 Å². The van der Waals surface area contributed by atoms with E-state index in [0.29, 0.717) is 5.13 Å². The molecule has 0 saturated heterocycles. The molecule has 0 atom stereocenters. The average Bonchev–Trinajstić information content (AvgIpc) is 2.94. The van der Waals surface area contributed by atoms with E-state index in [9.17, 15) is 9.59 Å². The van der Waals surface area contributed by atoms with E-state index in [4.69, 9.17) is 0 Å². The number of carbonyl (C=O) groups is 2. The van der Waals surface area contributed by atoms with Gasteiger partial charge in [-0.3, -0.25) is 14.9 Å². The van der Waals surface area contributed by atoms with E-state index in [1.807, 2.05) is 24.3 Å². The fraction of sp³-hybridized carbons (Fsp3) is 0.0909. The van der Waals surface area contributed by atoms with Crippen LogP contribution in [0, 0.1) is 0 Å². The Kier molecular flexibility index (Phi) is 2.52. The van der Waals surface area contributed by atoms with Gasteiger partial charge in [0.15, 0.2) is 5.13 Å². The number of nitrogens with one attached hydrogen (secondary N) is 2. The van der Waals surface area contributed by atoms with Crippen molar-refractivity contribution in [3.05, 3.63) is 24.3 Å². The molecule has 1 aliphatic rings. The van der Waals surface area contributed by atoms with Gasteiger partial charge < -0.3 is 0 Å². The Morgan fingerprint density at radius 1 is 1.39 bits per heavy atom. The summed E-state index contributed by atoms with van der Waals surface area (Å²) in [6.45, 7) is 0. The lowest BCUT2D eigenvalue weighted by atomic mass is 10.2. The first-order valence-corrected chi connectivity index (χ1v) is 6.06. The van der Waals surface area contributed by atoms with Crippen LogP contribution < -0.4 is 10.7 Å². The van der Waals surface area contributed by atoms with Crippen molar-refractivity contribution in [2.24, 2.45) is 5.10 Å². The summed E-state index contributed by atoms with van der Waals surface area (Å²) in [7, 11) is 0. The number of hydrogen-bond acceptors (Lipinski definition) is 5. The lowest BCUT2D eigenvalue weighted by Crippen LogP contribution is -2.21. The molecule has 18 heavy (non-hydrogen) atoms. The smallest absolute Gasteiger partial charge is 0.274 e. The summed E-state index contributed by atoms with van der Waals surface area (Å²) in [5, 5.41) is 6.79. The second kappa shape index (κ2) is 4.19. The van der Waals surface area contributed by atoms with Crippen LogP contribution in [0.15, 0.2) is 29.4 Å². The first-order valence-electron chi connectivity index (χ1n) is 5.25. The number of fused-ring (bicyclic) bond motifs is 1. The molecule has 0 aliphatic carbocycles. The number of anilines is 1. The van der Waals surface area contributed by atoms with E-state index in [0.717, 1.165) is 10.2 Å². The number of nitrogens with zero attached hydrogens (tertiary/aromatic N) is 2. The van der Waals surface area contributed by atoms with Crippen LogP contribution >= 0.6 is 11.3 Å². The summed E-state index contributed by atoms with van der Waals surface area (Å²) >= 11 is 1.38. The SMILES string of the molecule is O=C1CC(C(=O)Nc2nc3ccccc3s2)=NN1. The zero-order chi connectivity index (χ0) is 12.5. The predicted molar refractivity (Wildman–Crippen MR) is 68.4 cm³/mol. The Bertz CT molecular complexity index is 643. The van der Waals surface area contributed by atoms with Gasteiger partial charge in [0.1, 0.15) is 5.71 Å². The second-order valence-corrected chi connectivity index (χ2v) is 4.74. The van der Waals surface area contributed by atoms with Crippen molar-refractivity contribution in [3.63, 3.8) is 0 Å². The van der Waals surface area contributed by atoms with Gasteiger partial charge in [-0.25, -0.2) is 10.4 Å². The number of carbonyl (C=O) groups excluding carboxylic acids is 2. The highest BCUT2D eigenvalue weighted by Gasteiger charge is 2.22. The van der Waals surface area contributed by atoms with E-state index in [1.165, 1.54) is 11.3 Å². The van der Waals surface area contributed by atoms with Crippen LogP contribution in [0.25, 0.3) is 10.2 Å². The predicted octanol–water partition coefficient (Wildman–Crippen LogP) is 1.11. The van der Waals surface area contributed by atoms with Gasteiger partial charge in [-0.2, -0.15) is 5.10 Å². The molecule has 0 unspecified atom stereocenters. The lowest BCUT2D eigenvalue weighted by molar-refractivity contribution is -0.119. The van der Waals surface area contributed by atoms with Crippen LogP contribution in [-0.4, -0.2) is 22.5 Å². The molecule has 0 radical (unpaired) electrons. The number of aromatic nitrogens is 1. The number of rotatable bonds is 2. The highest BCUT2D eigenvalue weighted by Crippen LogP contribution is 2.25. The maximum atomic E-state index is 11.8. The highest BCUT2D eigenvalue weighted by atomic mass is 32.1. The van der Waals surface area contributed by atoms with Crippen molar-refractivity contribution < 1.29 is 9.59 Å². The number of hydrogen-bond donors (Lipinski definition) is 2. The number of amides is 2. The number of hydrazone groups is 1.